The van der Waals surface area contributed by atoms with E-state index in [-0.39, 0.29) is 11.3 Å². The van der Waals surface area contributed by atoms with Gasteiger partial charge in [0, 0.05) is 11.8 Å². The van der Waals surface area contributed by atoms with Crippen molar-refractivity contribution < 1.29 is 28.9 Å². The lowest BCUT2D eigenvalue weighted by Gasteiger charge is -2.24. The van der Waals surface area contributed by atoms with Gasteiger partial charge >= 0.3 is 5.91 Å². The Morgan fingerprint density at radius 2 is 1.83 bits per heavy atom. The molecule has 1 aromatic heterocycles. The summed E-state index contributed by atoms with van der Waals surface area (Å²) in [6, 6.07) is 16.3. The lowest BCUT2D eigenvalue weighted by Crippen LogP contribution is -2.30. The maximum atomic E-state index is 13.3. The van der Waals surface area contributed by atoms with Gasteiger partial charge in [-0.3, -0.25) is 14.5 Å². The summed E-state index contributed by atoms with van der Waals surface area (Å²) in [6.45, 7) is 3.42. The normalized spacial score (nSPS) is 18.5. The number of rotatable bonds is 6. The first-order valence-electron chi connectivity index (χ1n) is 11.4. The van der Waals surface area contributed by atoms with Crippen molar-refractivity contribution in [1.82, 2.24) is 4.98 Å². The van der Waals surface area contributed by atoms with Gasteiger partial charge in [0.2, 0.25) is 0 Å². The van der Waals surface area contributed by atoms with Gasteiger partial charge in [-0.05, 0) is 54.4 Å². The third-order valence-electron chi connectivity index (χ3n) is 5.82. The van der Waals surface area contributed by atoms with Crippen molar-refractivity contribution in [2.75, 3.05) is 24.7 Å². The second-order valence-corrected chi connectivity index (χ2v) is 8.13. The molecule has 1 N–H and O–H groups in total. The molecule has 0 radical (unpaired) electrons. The number of anilines is 1. The summed E-state index contributed by atoms with van der Waals surface area (Å²) in [4.78, 5) is 32.1. The Bertz CT molecular complexity index is 1290. The Hall–Kier alpha value is -4.33. The van der Waals surface area contributed by atoms with Crippen LogP contribution in [0.15, 0.2) is 72.4 Å². The molecule has 1 saturated heterocycles. The highest BCUT2D eigenvalue weighted by molar-refractivity contribution is 6.51. The Kier molecular flexibility index (Phi) is 6.10. The Balaban J connectivity index is 1.63. The molecule has 1 fully saturated rings. The van der Waals surface area contributed by atoms with E-state index in [1.165, 1.54) is 4.90 Å². The fourth-order valence-corrected chi connectivity index (χ4v) is 4.19. The van der Waals surface area contributed by atoms with Gasteiger partial charge in [-0.25, -0.2) is 4.98 Å². The van der Waals surface area contributed by atoms with E-state index in [2.05, 4.69) is 4.98 Å². The zero-order valence-electron chi connectivity index (χ0n) is 19.1. The van der Waals surface area contributed by atoms with E-state index in [9.17, 15) is 14.7 Å². The van der Waals surface area contributed by atoms with Crippen LogP contribution in [-0.4, -0.2) is 41.6 Å². The fourth-order valence-electron chi connectivity index (χ4n) is 4.19. The van der Waals surface area contributed by atoms with Gasteiger partial charge in [-0.1, -0.05) is 25.1 Å². The summed E-state index contributed by atoms with van der Waals surface area (Å²) in [5.74, 6) is 0.159. The number of Topliss-reactive ketones (excluding diaryl/α,β-unsaturated/α-hetero) is 1. The number of amides is 1. The van der Waals surface area contributed by atoms with E-state index in [1.54, 1.807) is 66.9 Å². The molecule has 0 saturated carbocycles. The number of nitrogens with zero attached hydrogens (tertiary/aromatic N) is 2. The molecule has 3 aromatic rings. The first-order chi connectivity index (χ1) is 17.1. The summed E-state index contributed by atoms with van der Waals surface area (Å²) >= 11 is 0. The predicted molar refractivity (Wildman–Crippen MR) is 129 cm³/mol. The molecule has 8 nitrogen and oxygen atoms in total. The minimum atomic E-state index is -0.877. The maximum absolute atomic E-state index is 13.3. The lowest BCUT2D eigenvalue weighted by molar-refractivity contribution is -0.132. The van der Waals surface area contributed by atoms with Gasteiger partial charge in [0.05, 0.1) is 18.2 Å². The van der Waals surface area contributed by atoms with Crippen LogP contribution >= 0.6 is 0 Å². The summed E-state index contributed by atoms with van der Waals surface area (Å²) in [5, 5.41) is 11.3. The van der Waals surface area contributed by atoms with E-state index in [1.807, 2.05) is 6.92 Å². The molecule has 5 rings (SSSR count). The molecule has 178 valence electrons. The van der Waals surface area contributed by atoms with E-state index < -0.39 is 17.7 Å². The van der Waals surface area contributed by atoms with Crippen LogP contribution < -0.4 is 19.1 Å². The van der Waals surface area contributed by atoms with Crippen LogP contribution in [-0.2, 0) is 9.59 Å². The number of aliphatic hydroxyl groups is 1. The second kappa shape index (κ2) is 9.50. The predicted octanol–water partition coefficient (Wildman–Crippen LogP) is 4.27. The maximum Gasteiger partial charge on any atom is 0.301 e. The monoisotopic (exact) mass is 472 g/mol. The lowest BCUT2D eigenvalue weighted by atomic mass is 9.95. The Morgan fingerprint density at radius 3 is 2.54 bits per heavy atom. The van der Waals surface area contributed by atoms with Crippen molar-refractivity contribution in [3.8, 4) is 17.2 Å². The minimum Gasteiger partial charge on any atom is -0.507 e. The number of fused-ring (bicyclic) bond motifs is 1. The highest BCUT2D eigenvalue weighted by Gasteiger charge is 2.47. The molecular formula is C27H24N2O6. The van der Waals surface area contributed by atoms with Gasteiger partial charge in [0.1, 0.15) is 30.5 Å². The van der Waals surface area contributed by atoms with Crippen LogP contribution in [0.25, 0.3) is 5.76 Å². The van der Waals surface area contributed by atoms with Crippen molar-refractivity contribution in [1.29, 1.82) is 0 Å². The third-order valence-corrected chi connectivity index (χ3v) is 5.82. The number of pyridine rings is 1. The zero-order chi connectivity index (χ0) is 24.4. The highest BCUT2D eigenvalue weighted by Crippen LogP contribution is 2.43. The van der Waals surface area contributed by atoms with Crippen molar-refractivity contribution in [3.63, 3.8) is 0 Å². The SMILES string of the molecule is CCCOc1ccc(C2C(=C(O)c3ccc4c(c3)OCCO4)C(=O)C(=O)N2c2ccccn2)cc1. The smallest absolute Gasteiger partial charge is 0.301 e. The summed E-state index contributed by atoms with van der Waals surface area (Å²) in [7, 11) is 0. The number of carbonyl (C=O) groups is 2. The van der Waals surface area contributed by atoms with Gasteiger partial charge in [-0.2, -0.15) is 0 Å². The number of aliphatic hydroxyl groups excluding tert-OH is 1. The molecule has 3 heterocycles. The molecule has 2 aromatic carbocycles. The molecule has 2 aliphatic rings. The minimum absolute atomic E-state index is 0.0282. The van der Waals surface area contributed by atoms with E-state index in [4.69, 9.17) is 14.2 Å². The van der Waals surface area contributed by atoms with Crippen molar-refractivity contribution in [2.45, 2.75) is 19.4 Å². The first kappa shape index (κ1) is 22.5. The molecule has 35 heavy (non-hydrogen) atoms. The fraction of sp³-hybridized carbons (Fsp3) is 0.222. The van der Waals surface area contributed by atoms with Crippen LogP contribution in [0.4, 0.5) is 5.82 Å². The largest absolute Gasteiger partial charge is 0.507 e. The highest BCUT2D eigenvalue weighted by atomic mass is 16.6. The van der Waals surface area contributed by atoms with E-state index >= 15 is 0 Å². The number of hydrogen-bond acceptors (Lipinski definition) is 7. The summed E-state index contributed by atoms with van der Waals surface area (Å²) in [5.41, 5.74) is 0.957. The molecule has 1 atom stereocenters. The van der Waals surface area contributed by atoms with E-state index in [0.717, 1.165) is 6.42 Å². The third kappa shape index (κ3) is 4.19. The second-order valence-electron chi connectivity index (χ2n) is 8.13. The average molecular weight is 472 g/mol. The number of ether oxygens (including phenoxy) is 3. The van der Waals surface area contributed by atoms with Crippen molar-refractivity contribution in [3.05, 3.63) is 83.6 Å². The van der Waals surface area contributed by atoms with Crippen LogP contribution in [0.5, 0.6) is 17.2 Å². The summed E-state index contributed by atoms with van der Waals surface area (Å²) < 4.78 is 16.9. The molecule has 1 unspecified atom stereocenters. The van der Waals surface area contributed by atoms with Gasteiger partial charge in [0.25, 0.3) is 5.78 Å². The van der Waals surface area contributed by atoms with Crippen LogP contribution in [0.3, 0.4) is 0 Å². The first-order valence-corrected chi connectivity index (χ1v) is 11.4. The molecule has 1 amide bonds. The van der Waals surface area contributed by atoms with Gasteiger partial charge in [-0.15, -0.1) is 0 Å². The molecule has 8 heteroatoms. The number of ketones is 1. The van der Waals surface area contributed by atoms with Crippen LogP contribution in [0.2, 0.25) is 0 Å². The number of aromatic nitrogens is 1. The van der Waals surface area contributed by atoms with Crippen LogP contribution in [0, 0.1) is 0 Å². The molecule has 2 aliphatic heterocycles. The topological polar surface area (TPSA) is 98.2 Å². The zero-order valence-corrected chi connectivity index (χ0v) is 19.1. The Morgan fingerprint density at radius 1 is 1.06 bits per heavy atom. The van der Waals surface area contributed by atoms with Gasteiger partial charge < -0.3 is 19.3 Å². The number of hydrogen-bond donors (Lipinski definition) is 1. The Labute approximate surface area is 202 Å². The molecule has 0 spiro atoms. The summed E-state index contributed by atoms with van der Waals surface area (Å²) in [6.07, 6.45) is 2.42. The standard InChI is InChI=1S/C27H24N2O6/c1-2-13-33-19-9-6-17(7-10-19)24-23(26(31)27(32)29(24)22-5-3-4-12-28-22)25(30)18-8-11-20-21(16-18)35-15-14-34-20/h3-12,16,24,30H,2,13-15H2,1H3. The van der Waals surface area contributed by atoms with Crippen molar-refractivity contribution >= 4 is 23.3 Å². The molecule has 0 aliphatic carbocycles. The van der Waals surface area contributed by atoms with Crippen LogP contribution in [0.1, 0.15) is 30.5 Å². The molecule has 0 bridgehead atoms. The number of carbonyl (C=O) groups excluding carboxylic acids is 2. The van der Waals surface area contributed by atoms with Gasteiger partial charge in [0.15, 0.2) is 11.5 Å². The van der Waals surface area contributed by atoms with E-state index in [0.29, 0.717) is 54.0 Å². The van der Waals surface area contributed by atoms with Crippen molar-refractivity contribution in [2.24, 2.45) is 0 Å². The molecular weight excluding hydrogens is 448 g/mol. The average Bonchev–Trinajstić information content (AvgIpc) is 3.17. The number of benzene rings is 2. The quantitative estimate of drug-likeness (QED) is 0.325.